The summed E-state index contributed by atoms with van der Waals surface area (Å²) in [5.74, 6) is -0.596. The average molecular weight is 488 g/mol. The van der Waals surface area contributed by atoms with Gasteiger partial charge in [-0.3, -0.25) is 14.4 Å². The van der Waals surface area contributed by atoms with Crippen molar-refractivity contribution in [3.05, 3.63) is 58.9 Å². The van der Waals surface area contributed by atoms with Gasteiger partial charge in [-0.25, -0.2) is 4.39 Å². The molecule has 2 aliphatic rings. The van der Waals surface area contributed by atoms with Crippen molar-refractivity contribution in [2.24, 2.45) is 5.92 Å². The Morgan fingerprint density at radius 1 is 1.09 bits per heavy atom. The van der Waals surface area contributed by atoms with Crippen LogP contribution in [0, 0.1) is 11.7 Å². The average Bonchev–Trinajstić information content (AvgIpc) is 3.39. The lowest BCUT2D eigenvalue weighted by molar-refractivity contribution is -0.134. The third-order valence-corrected chi connectivity index (χ3v) is 6.51. The van der Waals surface area contributed by atoms with Gasteiger partial charge in [-0.1, -0.05) is 11.6 Å². The van der Waals surface area contributed by atoms with E-state index in [2.05, 4.69) is 10.6 Å². The number of hydrogen-bond donors (Lipinski definition) is 2. The maximum Gasteiger partial charge on any atom is 0.260 e. The molecule has 4 rings (SSSR count). The van der Waals surface area contributed by atoms with E-state index in [1.807, 2.05) is 0 Å². The van der Waals surface area contributed by atoms with Crippen LogP contribution in [0.25, 0.3) is 0 Å². The van der Waals surface area contributed by atoms with Gasteiger partial charge in [-0.05, 0) is 74.7 Å². The van der Waals surface area contributed by atoms with Gasteiger partial charge in [0.15, 0.2) is 12.4 Å². The number of nitrogens with one attached hydrogen (secondary N) is 2. The Bertz CT molecular complexity index is 1050. The molecule has 0 spiro atoms. The van der Waals surface area contributed by atoms with Crippen LogP contribution in [0.5, 0.6) is 5.75 Å². The molecule has 2 aromatic rings. The van der Waals surface area contributed by atoms with Crippen molar-refractivity contribution in [3.63, 3.8) is 0 Å². The van der Waals surface area contributed by atoms with Crippen molar-refractivity contribution < 1.29 is 23.5 Å². The highest BCUT2D eigenvalue weighted by atomic mass is 35.5. The molecule has 2 fully saturated rings. The van der Waals surface area contributed by atoms with Crippen LogP contribution < -0.4 is 15.4 Å². The molecule has 2 amide bonds. The zero-order valence-electron chi connectivity index (χ0n) is 18.7. The van der Waals surface area contributed by atoms with Gasteiger partial charge in [0.25, 0.3) is 5.91 Å². The molecule has 0 bridgehead atoms. The number of amides is 2. The molecule has 2 heterocycles. The van der Waals surface area contributed by atoms with E-state index in [0.717, 1.165) is 19.4 Å². The highest BCUT2D eigenvalue weighted by Crippen LogP contribution is 2.29. The number of ether oxygens (including phenoxy) is 1. The topological polar surface area (TPSA) is 87.7 Å². The standard InChI is InChI=1S/C25H27ClFN3O4/c26-18-5-8-22(21(14-18)29-25(33)20-2-1-11-28-20)34-15-23(31)30-12-9-17(10-13-30)24(32)16-3-6-19(27)7-4-16/h3-8,14,17,20,28H,1-2,9-13,15H2,(H,29,33)/t20-/m0/s1. The molecular formula is C25H27ClFN3O4. The summed E-state index contributed by atoms with van der Waals surface area (Å²) in [6.45, 7) is 1.50. The van der Waals surface area contributed by atoms with E-state index < -0.39 is 0 Å². The number of nitrogens with zero attached hydrogens (tertiary/aromatic N) is 1. The second-order valence-electron chi connectivity index (χ2n) is 8.59. The van der Waals surface area contributed by atoms with Crippen LogP contribution >= 0.6 is 11.6 Å². The lowest BCUT2D eigenvalue weighted by Crippen LogP contribution is -2.42. The Morgan fingerprint density at radius 2 is 1.82 bits per heavy atom. The van der Waals surface area contributed by atoms with Gasteiger partial charge >= 0.3 is 0 Å². The number of halogens is 2. The molecule has 7 nitrogen and oxygen atoms in total. The number of hydrogen-bond acceptors (Lipinski definition) is 5. The molecule has 0 unspecified atom stereocenters. The first kappa shape index (κ1) is 24.2. The summed E-state index contributed by atoms with van der Waals surface area (Å²) in [5, 5.41) is 6.42. The van der Waals surface area contributed by atoms with Gasteiger partial charge in [0, 0.05) is 29.6 Å². The van der Waals surface area contributed by atoms with Gasteiger partial charge < -0.3 is 20.3 Å². The highest BCUT2D eigenvalue weighted by Gasteiger charge is 2.28. The third kappa shape index (κ3) is 5.93. The summed E-state index contributed by atoms with van der Waals surface area (Å²) in [5.41, 5.74) is 0.905. The lowest BCUT2D eigenvalue weighted by Gasteiger charge is -2.31. The van der Waals surface area contributed by atoms with Crippen molar-refractivity contribution in [2.45, 2.75) is 31.7 Å². The van der Waals surface area contributed by atoms with E-state index in [0.29, 0.717) is 48.0 Å². The number of benzene rings is 2. The monoisotopic (exact) mass is 487 g/mol. The molecule has 2 aromatic carbocycles. The Balaban J connectivity index is 1.30. The lowest BCUT2D eigenvalue weighted by atomic mass is 9.89. The zero-order valence-corrected chi connectivity index (χ0v) is 19.4. The number of carbonyl (C=O) groups is 3. The maximum absolute atomic E-state index is 13.1. The molecule has 2 N–H and O–H groups in total. The molecule has 0 radical (unpaired) electrons. The minimum absolute atomic E-state index is 0.0263. The van der Waals surface area contributed by atoms with E-state index in [1.54, 1.807) is 23.1 Å². The number of rotatable bonds is 7. The van der Waals surface area contributed by atoms with E-state index in [1.165, 1.54) is 24.3 Å². The van der Waals surface area contributed by atoms with Crippen molar-refractivity contribution in [3.8, 4) is 5.75 Å². The van der Waals surface area contributed by atoms with Gasteiger partial charge in [0.1, 0.15) is 11.6 Å². The zero-order chi connectivity index (χ0) is 24.1. The fraction of sp³-hybridized carbons (Fsp3) is 0.400. The fourth-order valence-corrected chi connectivity index (χ4v) is 4.50. The van der Waals surface area contributed by atoms with Crippen LogP contribution in [0.4, 0.5) is 10.1 Å². The normalized spacial score (nSPS) is 18.5. The van der Waals surface area contributed by atoms with Crippen LogP contribution in [-0.2, 0) is 9.59 Å². The summed E-state index contributed by atoms with van der Waals surface area (Å²) in [6.07, 6.45) is 2.79. The van der Waals surface area contributed by atoms with Crippen LogP contribution in [0.3, 0.4) is 0 Å². The second kappa shape index (κ2) is 11.0. The molecule has 0 saturated carbocycles. The van der Waals surface area contributed by atoms with Crippen molar-refractivity contribution in [2.75, 3.05) is 31.6 Å². The first-order chi connectivity index (χ1) is 16.4. The Kier molecular flexibility index (Phi) is 7.80. The number of Topliss-reactive ketones (excluding diaryl/α,β-unsaturated/α-hetero) is 1. The van der Waals surface area contributed by atoms with Crippen molar-refractivity contribution >= 4 is 34.9 Å². The Hall–Kier alpha value is -2.97. The van der Waals surface area contributed by atoms with Crippen LogP contribution in [0.2, 0.25) is 5.02 Å². The molecular weight excluding hydrogens is 461 g/mol. The molecule has 2 aliphatic heterocycles. The molecule has 34 heavy (non-hydrogen) atoms. The molecule has 180 valence electrons. The first-order valence-electron chi connectivity index (χ1n) is 11.4. The summed E-state index contributed by atoms with van der Waals surface area (Å²) < 4.78 is 18.8. The largest absolute Gasteiger partial charge is 0.482 e. The van der Waals surface area contributed by atoms with Gasteiger partial charge in [-0.15, -0.1) is 0 Å². The predicted molar refractivity (Wildman–Crippen MR) is 127 cm³/mol. The van der Waals surface area contributed by atoms with Gasteiger partial charge in [0.2, 0.25) is 5.91 Å². The summed E-state index contributed by atoms with van der Waals surface area (Å²) in [7, 11) is 0. The fourth-order valence-electron chi connectivity index (χ4n) is 4.33. The molecule has 9 heteroatoms. The van der Waals surface area contributed by atoms with Crippen molar-refractivity contribution in [1.29, 1.82) is 0 Å². The smallest absolute Gasteiger partial charge is 0.260 e. The second-order valence-corrected chi connectivity index (χ2v) is 9.03. The molecule has 0 aliphatic carbocycles. The molecule has 0 aromatic heterocycles. The van der Waals surface area contributed by atoms with E-state index in [-0.39, 0.29) is 42.0 Å². The van der Waals surface area contributed by atoms with E-state index >= 15 is 0 Å². The van der Waals surface area contributed by atoms with Crippen LogP contribution in [-0.4, -0.2) is 54.8 Å². The minimum atomic E-state index is -0.379. The molecule has 1 atom stereocenters. The molecule has 2 saturated heterocycles. The van der Waals surface area contributed by atoms with E-state index in [9.17, 15) is 18.8 Å². The number of carbonyl (C=O) groups excluding carboxylic acids is 3. The Labute approximate surface area is 202 Å². The van der Waals surface area contributed by atoms with Gasteiger partial charge in [-0.2, -0.15) is 0 Å². The number of anilines is 1. The minimum Gasteiger partial charge on any atom is -0.482 e. The number of ketones is 1. The van der Waals surface area contributed by atoms with Gasteiger partial charge in [0.05, 0.1) is 11.7 Å². The Morgan fingerprint density at radius 3 is 2.50 bits per heavy atom. The summed E-state index contributed by atoms with van der Waals surface area (Å²) >= 11 is 6.09. The number of likely N-dealkylation sites (tertiary alicyclic amines) is 1. The quantitative estimate of drug-likeness (QED) is 0.582. The van der Waals surface area contributed by atoms with Crippen LogP contribution in [0.15, 0.2) is 42.5 Å². The SMILES string of the molecule is O=C(c1ccc(F)cc1)C1CCN(C(=O)COc2ccc(Cl)cc2NC(=O)[C@@H]2CCCN2)CC1. The third-order valence-electron chi connectivity index (χ3n) is 6.27. The van der Waals surface area contributed by atoms with E-state index in [4.69, 9.17) is 16.3 Å². The number of piperidine rings is 1. The predicted octanol–water partition coefficient (Wildman–Crippen LogP) is 3.67. The maximum atomic E-state index is 13.1. The summed E-state index contributed by atoms with van der Waals surface area (Å²) in [6, 6.07) is 10.1. The highest BCUT2D eigenvalue weighted by molar-refractivity contribution is 6.31. The van der Waals surface area contributed by atoms with Crippen LogP contribution in [0.1, 0.15) is 36.0 Å². The van der Waals surface area contributed by atoms with Crippen molar-refractivity contribution in [1.82, 2.24) is 10.2 Å². The first-order valence-corrected chi connectivity index (χ1v) is 11.8. The summed E-state index contributed by atoms with van der Waals surface area (Å²) in [4.78, 5) is 39.5.